The molecule has 0 aliphatic carbocycles. The number of guanidine groups is 1. The maximum Gasteiger partial charge on any atom is 0.437 e. The number of fused-ring (bicyclic) bond motifs is 3. The molecule has 0 fully saturated rings. The molecule has 12 heteroatoms. The van der Waals surface area contributed by atoms with Crippen molar-refractivity contribution in [1.29, 1.82) is 0 Å². The molecule has 3 aromatic carbocycles. The van der Waals surface area contributed by atoms with Gasteiger partial charge in [0.25, 0.3) is 0 Å². The number of nitrogens with one attached hydrogen (secondary N) is 3. The summed E-state index contributed by atoms with van der Waals surface area (Å²) >= 11 is 18.6. The zero-order valence-corrected chi connectivity index (χ0v) is 27.7. The summed E-state index contributed by atoms with van der Waals surface area (Å²) in [6.45, 7) is 11.7. The van der Waals surface area contributed by atoms with Gasteiger partial charge in [-0.15, -0.1) is 4.99 Å². The average molecular weight is 661 g/mol. The summed E-state index contributed by atoms with van der Waals surface area (Å²) in [5, 5.41) is 12.7. The highest BCUT2D eigenvalue weighted by atomic mass is 35.5. The molecule has 0 saturated carbocycles. The number of carbonyl (C=O) groups excluding carboxylic acids is 2. The second-order valence-corrected chi connectivity index (χ2v) is 13.4. The lowest BCUT2D eigenvalue weighted by Gasteiger charge is -2.21. The Bertz CT molecular complexity index is 1720. The minimum atomic E-state index is -0.847. The Labute approximate surface area is 271 Å². The first-order valence-corrected chi connectivity index (χ1v) is 15.2. The van der Waals surface area contributed by atoms with Crippen LogP contribution in [0.25, 0.3) is 21.8 Å². The van der Waals surface area contributed by atoms with E-state index in [0.717, 1.165) is 33.1 Å². The van der Waals surface area contributed by atoms with Crippen LogP contribution in [0.2, 0.25) is 15.1 Å². The molecular formula is C32H36Cl3N5O4. The third kappa shape index (κ3) is 9.17. The third-order valence-electron chi connectivity index (χ3n) is 6.15. The molecule has 1 heterocycles. The van der Waals surface area contributed by atoms with Crippen LogP contribution < -0.4 is 16.0 Å². The Morgan fingerprint density at radius 3 is 2.23 bits per heavy atom. The standard InChI is InChI=1S/C32H36Cl3N5O4/c1-31(2,3)43-29(41)38-28(39-30(42)44-32(4,5)6)36-13-14-40-26-12-8-20(33)16-23(26)22-10-9-21(17-27(22)40)37-18-19-7-11-24(34)25(35)15-19/h7-12,15-17,37H,13-14,18H2,1-6H3,(H2,36,38,39,41,42). The molecule has 4 aromatic rings. The van der Waals surface area contributed by atoms with E-state index >= 15 is 0 Å². The van der Waals surface area contributed by atoms with E-state index in [-0.39, 0.29) is 5.96 Å². The third-order valence-corrected chi connectivity index (χ3v) is 7.13. The minimum Gasteiger partial charge on any atom is -0.444 e. The number of rotatable bonds is 6. The fraction of sp³-hybridized carbons (Fsp3) is 0.344. The molecule has 4 rings (SSSR count). The van der Waals surface area contributed by atoms with Gasteiger partial charge in [0.05, 0.1) is 15.6 Å². The molecular weight excluding hydrogens is 625 g/mol. The lowest BCUT2D eigenvalue weighted by molar-refractivity contribution is 0.0560. The highest BCUT2D eigenvalue weighted by Crippen LogP contribution is 2.33. The fourth-order valence-electron chi connectivity index (χ4n) is 4.45. The number of amides is 2. The van der Waals surface area contributed by atoms with Gasteiger partial charge in [0.15, 0.2) is 0 Å². The minimum absolute atomic E-state index is 0.0821. The maximum atomic E-state index is 12.5. The van der Waals surface area contributed by atoms with Gasteiger partial charge in [-0.25, -0.2) is 9.59 Å². The maximum absolute atomic E-state index is 12.5. The zero-order chi connectivity index (χ0) is 32.2. The Morgan fingerprint density at radius 1 is 0.818 bits per heavy atom. The Kier molecular flexibility index (Phi) is 10.2. The van der Waals surface area contributed by atoms with Gasteiger partial charge in [-0.05, 0) is 89.6 Å². The highest BCUT2D eigenvalue weighted by molar-refractivity contribution is 6.42. The molecule has 1 aromatic heterocycles. The average Bonchev–Trinajstić information content (AvgIpc) is 3.19. The van der Waals surface area contributed by atoms with Crippen molar-refractivity contribution in [3.8, 4) is 0 Å². The van der Waals surface area contributed by atoms with E-state index in [2.05, 4.69) is 37.6 Å². The first-order valence-electron chi connectivity index (χ1n) is 14.0. The number of ether oxygens (including phenoxy) is 2. The first-order chi connectivity index (χ1) is 20.6. The molecule has 0 spiro atoms. The van der Waals surface area contributed by atoms with Crippen molar-refractivity contribution in [3.05, 3.63) is 75.2 Å². The van der Waals surface area contributed by atoms with Gasteiger partial charge in [0.1, 0.15) is 11.2 Å². The summed E-state index contributed by atoms with van der Waals surface area (Å²) in [4.78, 5) is 28.9. The smallest absolute Gasteiger partial charge is 0.437 e. The van der Waals surface area contributed by atoms with E-state index in [1.807, 2.05) is 36.4 Å². The number of carbonyl (C=O) groups is 2. The number of hydrogen-bond donors (Lipinski definition) is 3. The van der Waals surface area contributed by atoms with E-state index in [4.69, 9.17) is 44.3 Å². The first kappa shape index (κ1) is 33.2. The van der Waals surface area contributed by atoms with Crippen molar-refractivity contribution in [2.75, 3.05) is 11.9 Å². The van der Waals surface area contributed by atoms with Gasteiger partial charge in [-0.3, -0.25) is 5.32 Å². The Morgan fingerprint density at radius 2 is 1.55 bits per heavy atom. The summed E-state index contributed by atoms with van der Waals surface area (Å²) in [5.41, 5.74) is 2.34. The van der Waals surface area contributed by atoms with Crippen molar-refractivity contribution in [1.82, 2.24) is 15.2 Å². The van der Waals surface area contributed by atoms with Crippen LogP contribution in [-0.2, 0) is 22.6 Å². The van der Waals surface area contributed by atoms with Crippen molar-refractivity contribution >= 4 is 80.4 Å². The quantitative estimate of drug-likeness (QED) is 0.141. The van der Waals surface area contributed by atoms with Gasteiger partial charge >= 0.3 is 12.2 Å². The molecule has 234 valence electrons. The molecule has 9 nitrogen and oxygen atoms in total. The van der Waals surface area contributed by atoms with Crippen LogP contribution in [0.3, 0.4) is 0 Å². The summed E-state index contributed by atoms with van der Waals surface area (Å²) in [6, 6.07) is 17.4. The van der Waals surface area contributed by atoms with Gasteiger partial charge in [-0.1, -0.05) is 46.9 Å². The second-order valence-electron chi connectivity index (χ2n) is 12.1. The molecule has 0 atom stereocenters. The van der Waals surface area contributed by atoms with Crippen LogP contribution in [0.15, 0.2) is 59.6 Å². The van der Waals surface area contributed by atoms with Gasteiger partial charge < -0.3 is 24.7 Å². The highest BCUT2D eigenvalue weighted by Gasteiger charge is 2.20. The fourth-order valence-corrected chi connectivity index (χ4v) is 4.94. The molecule has 0 unspecified atom stereocenters. The van der Waals surface area contributed by atoms with Crippen molar-refractivity contribution in [2.45, 2.75) is 65.8 Å². The Balaban J connectivity index is 1.59. The SMILES string of the molecule is CC(C)(C)OC(=O)N=C(NCCn1c2ccc(Cl)cc2c2ccc(NCc3ccc(Cl)c(Cl)c3)cc21)NC(=O)OC(C)(C)C. The topological polar surface area (TPSA) is 106 Å². The van der Waals surface area contributed by atoms with Gasteiger partial charge in [0.2, 0.25) is 5.96 Å². The van der Waals surface area contributed by atoms with E-state index in [0.29, 0.717) is 34.7 Å². The molecule has 0 aliphatic rings. The number of halogens is 3. The summed E-state index contributed by atoms with van der Waals surface area (Å²) in [5.74, 6) is -0.0821. The van der Waals surface area contributed by atoms with Crippen LogP contribution >= 0.6 is 34.8 Å². The van der Waals surface area contributed by atoms with E-state index in [1.165, 1.54) is 0 Å². The van der Waals surface area contributed by atoms with Crippen LogP contribution in [0, 0.1) is 0 Å². The lowest BCUT2D eigenvalue weighted by Crippen LogP contribution is -2.45. The summed E-state index contributed by atoms with van der Waals surface area (Å²) < 4.78 is 12.8. The van der Waals surface area contributed by atoms with Crippen molar-refractivity contribution in [3.63, 3.8) is 0 Å². The summed E-state index contributed by atoms with van der Waals surface area (Å²) in [7, 11) is 0. The van der Waals surface area contributed by atoms with Gasteiger partial charge in [0, 0.05) is 46.6 Å². The zero-order valence-electron chi connectivity index (χ0n) is 25.5. The molecule has 0 saturated heterocycles. The number of alkyl carbamates (subject to hydrolysis) is 1. The monoisotopic (exact) mass is 659 g/mol. The number of benzene rings is 3. The number of nitrogens with zero attached hydrogens (tertiary/aromatic N) is 2. The van der Waals surface area contributed by atoms with Crippen LogP contribution in [0.4, 0.5) is 15.3 Å². The predicted octanol–water partition coefficient (Wildman–Crippen LogP) is 8.77. The number of aromatic nitrogens is 1. The molecule has 3 N–H and O–H groups in total. The Hall–Kier alpha value is -3.66. The van der Waals surface area contributed by atoms with E-state index in [9.17, 15) is 9.59 Å². The molecule has 0 aliphatic heterocycles. The van der Waals surface area contributed by atoms with Crippen molar-refractivity contribution in [2.24, 2.45) is 4.99 Å². The predicted molar refractivity (Wildman–Crippen MR) is 179 cm³/mol. The molecule has 0 radical (unpaired) electrons. The van der Waals surface area contributed by atoms with E-state index < -0.39 is 23.4 Å². The van der Waals surface area contributed by atoms with Crippen molar-refractivity contribution < 1.29 is 19.1 Å². The number of aliphatic imine (C=N–C) groups is 1. The van der Waals surface area contributed by atoms with E-state index in [1.54, 1.807) is 47.6 Å². The van der Waals surface area contributed by atoms with Crippen LogP contribution in [-0.4, -0.2) is 40.5 Å². The van der Waals surface area contributed by atoms with Crippen LogP contribution in [0.1, 0.15) is 47.1 Å². The second kappa shape index (κ2) is 13.5. The molecule has 2 amide bonds. The molecule has 0 bridgehead atoms. The van der Waals surface area contributed by atoms with Gasteiger partial charge in [-0.2, -0.15) is 0 Å². The normalized spacial score (nSPS) is 12.3. The largest absolute Gasteiger partial charge is 0.444 e. The lowest BCUT2D eigenvalue weighted by atomic mass is 10.1. The number of anilines is 1. The number of hydrogen-bond acceptors (Lipinski definition) is 5. The molecule has 44 heavy (non-hydrogen) atoms. The summed E-state index contributed by atoms with van der Waals surface area (Å²) in [6.07, 6.45) is -1.60. The van der Waals surface area contributed by atoms with Crippen LogP contribution in [0.5, 0.6) is 0 Å².